The molecule has 3 heterocycles. The summed E-state index contributed by atoms with van der Waals surface area (Å²) in [5.74, 6) is -6.59. The maximum atomic E-state index is 14.5. The molecule has 1 unspecified atom stereocenters. The average Bonchev–Trinajstić information content (AvgIpc) is 3.31. The Morgan fingerprint density at radius 1 is 0.776 bits per heavy atom. The van der Waals surface area contributed by atoms with Crippen molar-refractivity contribution in [3.05, 3.63) is 47.6 Å². The minimum absolute atomic E-state index is 0.00931. The highest BCUT2D eigenvalue weighted by Crippen LogP contribution is 2.38. The second-order valence-corrected chi connectivity index (χ2v) is 20.2. The molecule has 14 heteroatoms. The lowest BCUT2D eigenvalue weighted by molar-refractivity contribution is -0.265. The number of hydrogen-bond donors (Lipinski definition) is 2. The first kappa shape index (κ1) is 56.5. The van der Waals surface area contributed by atoms with Crippen LogP contribution in [0.4, 0.5) is 0 Å². The van der Waals surface area contributed by atoms with E-state index >= 15 is 0 Å². The van der Waals surface area contributed by atoms with Crippen molar-refractivity contribution in [2.75, 3.05) is 42.1 Å². The number of hydrogen-bond acceptors (Lipinski definition) is 13. The molecular weight excluding hydrogens is 859 g/mol. The van der Waals surface area contributed by atoms with Gasteiger partial charge in [0.25, 0.3) is 11.7 Å². The Bertz CT molecular complexity index is 1740. The molecule has 16 atom stereocenters. The Hall–Kier alpha value is -3.08. The number of amides is 1. The summed E-state index contributed by atoms with van der Waals surface area (Å²) in [7, 11) is 8.02. The fourth-order valence-electron chi connectivity index (χ4n) is 10.8. The van der Waals surface area contributed by atoms with E-state index in [2.05, 4.69) is 6.92 Å². The number of esters is 1. The zero-order valence-corrected chi connectivity index (χ0v) is 42.6. The van der Waals surface area contributed by atoms with E-state index in [0.29, 0.717) is 44.9 Å². The first-order valence-corrected chi connectivity index (χ1v) is 24.8. The summed E-state index contributed by atoms with van der Waals surface area (Å²) in [4.78, 5) is 58.3. The van der Waals surface area contributed by atoms with Crippen molar-refractivity contribution >= 4 is 23.4 Å². The van der Waals surface area contributed by atoms with E-state index in [4.69, 9.17) is 33.2 Å². The molecule has 3 aliphatic heterocycles. The van der Waals surface area contributed by atoms with Crippen molar-refractivity contribution in [3.8, 4) is 0 Å². The number of Topliss-reactive ketones (excluding diaryl/α,β-unsaturated/α-hetero) is 2. The van der Waals surface area contributed by atoms with Gasteiger partial charge < -0.3 is 48.3 Å². The van der Waals surface area contributed by atoms with Gasteiger partial charge in [0.2, 0.25) is 5.79 Å². The van der Waals surface area contributed by atoms with Gasteiger partial charge in [0, 0.05) is 72.7 Å². The number of methoxy groups -OCH3 is 5. The Morgan fingerprint density at radius 3 is 2.13 bits per heavy atom. The third kappa shape index (κ3) is 15.0. The third-order valence-electron chi connectivity index (χ3n) is 15.2. The second-order valence-electron chi connectivity index (χ2n) is 20.2. The number of aliphatic hydroxyl groups excluding tert-OH is 1. The molecule has 1 amide bonds. The number of piperidine rings is 1. The summed E-state index contributed by atoms with van der Waals surface area (Å²) in [5.41, 5.74) is 1.62. The number of nitrogens with zero attached hydrogens (tertiary/aromatic N) is 1. The topological polar surface area (TPSA) is 177 Å². The number of carbonyl (C=O) groups excluding carboxylic acids is 4. The molecule has 380 valence electrons. The van der Waals surface area contributed by atoms with Crippen molar-refractivity contribution in [1.29, 1.82) is 0 Å². The third-order valence-corrected chi connectivity index (χ3v) is 15.2. The highest BCUT2D eigenvalue weighted by Gasteiger charge is 2.53. The van der Waals surface area contributed by atoms with E-state index in [0.717, 1.165) is 30.4 Å². The Balaban J connectivity index is 1.72. The zero-order valence-electron chi connectivity index (χ0n) is 42.6. The van der Waals surface area contributed by atoms with Crippen LogP contribution in [0.25, 0.3) is 0 Å². The van der Waals surface area contributed by atoms with Crippen LogP contribution in [0.15, 0.2) is 47.6 Å². The number of allylic oxidation sites excluding steroid dienone is 5. The van der Waals surface area contributed by atoms with Crippen LogP contribution >= 0.6 is 0 Å². The summed E-state index contributed by atoms with van der Waals surface area (Å²) in [6.07, 6.45) is 13.9. The molecule has 2 bridgehead atoms. The van der Waals surface area contributed by atoms with Crippen LogP contribution in [0.5, 0.6) is 0 Å². The van der Waals surface area contributed by atoms with Gasteiger partial charge in [-0.3, -0.25) is 14.4 Å². The maximum absolute atomic E-state index is 14.5. The summed E-state index contributed by atoms with van der Waals surface area (Å²) >= 11 is 0. The van der Waals surface area contributed by atoms with E-state index in [1.54, 1.807) is 35.4 Å². The molecule has 2 saturated heterocycles. The standard InChI is InChI=1S/C53H85NO13/c1-32-18-14-13-15-19-33(2)44(62-9)30-40-23-21-38(7)53(60,67-40)50(57)51(58)54-25-17-16-20-41(54)52(59)66-45(35(4)28-39-22-24-43(61-8)46(29-39)63-10)31-42(55)34(3)27-37(6)48(64-11)49(65-12)47(56)36(5)26-32/h13-15,18-19,27,32,34-36,38-46,48-49,55,60H,16-17,20-26,28-31H2,1-12H3/b15-13?,18-14+,33-19?,37-27+/t32-,34-,35-,36-,38-,39+,40+,41+,42?,43-,44+,45+,46-,48-,49+,53-/m1/s1. The summed E-state index contributed by atoms with van der Waals surface area (Å²) in [6, 6.07) is -1.08. The number of aliphatic hydroxyl groups is 2. The minimum atomic E-state index is -2.40. The van der Waals surface area contributed by atoms with Gasteiger partial charge in [0.05, 0.1) is 30.5 Å². The average molecular weight is 944 g/mol. The molecule has 1 aliphatic carbocycles. The van der Waals surface area contributed by atoms with Crippen molar-refractivity contribution in [1.82, 2.24) is 4.90 Å². The van der Waals surface area contributed by atoms with Gasteiger partial charge in [0.1, 0.15) is 24.4 Å². The molecule has 1 saturated carbocycles. The fraction of sp³-hybridized carbons (Fsp3) is 0.774. The first-order valence-electron chi connectivity index (χ1n) is 24.8. The minimum Gasteiger partial charge on any atom is -0.460 e. The molecule has 2 N–H and O–H groups in total. The lowest BCUT2D eigenvalue weighted by Gasteiger charge is -2.43. The van der Waals surface area contributed by atoms with Crippen LogP contribution in [-0.2, 0) is 52.3 Å². The first-order chi connectivity index (χ1) is 31.8. The SMILES string of the molecule is CO[C@H]1C[C@@H]2CC[C@@H](C)[C@@](O)(O2)C(=O)C(=O)N2CCCC[C@H]2C(=O)O[C@H]([C@H](C)C[C@@H]2CC[C@@H](OC)[C@H](OC)C2)CC(O)[C@H](C)/C=C(\C)[C@@H](OC)[C@@H](OC)C(=O)[C@H](C)C[C@H](C)/C=C/C=CC=C1C. The molecule has 0 aromatic rings. The van der Waals surface area contributed by atoms with Crippen LogP contribution in [0.3, 0.4) is 0 Å². The lowest BCUT2D eigenvalue weighted by atomic mass is 9.78. The van der Waals surface area contributed by atoms with Crippen LogP contribution in [0, 0.1) is 35.5 Å². The molecule has 0 aromatic heterocycles. The fourth-order valence-corrected chi connectivity index (χ4v) is 10.8. The van der Waals surface area contributed by atoms with Gasteiger partial charge in [-0.15, -0.1) is 0 Å². The lowest BCUT2D eigenvalue weighted by Crippen LogP contribution is -2.61. The second kappa shape index (κ2) is 26.8. The maximum Gasteiger partial charge on any atom is 0.329 e. The number of cyclic esters (lactones) is 1. The Labute approximate surface area is 401 Å². The quantitative estimate of drug-likeness (QED) is 0.141. The van der Waals surface area contributed by atoms with Gasteiger partial charge in [-0.1, -0.05) is 71.1 Å². The highest BCUT2D eigenvalue weighted by molar-refractivity contribution is 6.39. The molecule has 3 fully saturated rings. The van der Waals surface area contributed by atoms with Gasteiger partial charge in [-0.05, 0) is 107 Å². The molecule has 0 spiro atoms. The van der Waals surface area contributed by atoms with Gasteiger partial charge >= 0.3 is 5.97 Å². The van der Waals surface area contributed by atoms with Gasteiger partial charge in [-0.25, -0.2) is 4.79 Å². The predicted molar refractivity (Wildman–Crippen MR) is 256 cm³/mol. The molecular formula is C53H85NO13. The van der Waals surface area contributed by atoms with Crippen LogP contribution in [0.1, 0.15) is 126 Å². The monoisotopic (exact) mass is 944 g/mol. The van der Waals surface area contributed by atoms with Crippen LogP contribution in [0.2, 0.25) is 0 Å². The number of ether oxygens (including phenoxy) is 7. The summed E-state index contributed by atoms with van der Waals surface area (Å²) < 4.78 is 41.7. The van der Waals surface area contributed by atoms with E-state index in [1.165, 1.54) is 12.0 Å². The summed E-state index contributed by atoms with van der Waals surface area (Å²) in [5, 5.41) is 23.9. The molecule has 14 nitrogen and oxygen atoms in total. The smallest absolute Gasteiger partial charge is 0.329 e. The number of fused-ring (bicyclic) bond motifs is 3. The van der Waals surface area contributed by atoms with Crippen LogP contribution < -0.4 is 0 Å². The number of ketones is 2. The van der Waals surface area contributed by atoms with Crippen molar-refractivity contribution in [3.63, 3.8) is 0 Å². The normalized spacial score (nSPS) is 39.4. The molecule has 0 aromatic carbocycles. The summed E-state index contributed by atoms with van der Waals surface area (Å²) in [6.45, 7) is 13.5. The molecule has 67 heavy (non-hydrogen) atoms. The van der Waals surface area contributed by atoms with E-state index in [-0.39, 0.29) is 61.0 Å². The largest absolute Gasteiger partial charge is 0.460 e. The van der Waals surface area contributed by atoms with Gasteiger partial charge in [0.15, 0.2) is 5.78 Å². The Kier molecular flexibility index (Phi) is 22.6. The Morgan fingerprint density at radius 2 is 1.48 bits per heavy atom. The molecule has 4 aliphatic rings. The van der Waals surface area contributed by atoms with Crippen molar-refractivity contribution < 1.29 is 62.5 Å². The van der Waals surface area contributed by atoms with Crippen molar-refractivity contribution in [2.45, 2.75) is 186 Å². The number of rotatable bonds is 8. The van der Waals surface area contributed by atoms with Crippen LogP contribution in [-0.4, -0.2) is 141 Å². The number of carbonyl (C=O) groups is 4. The predicted octanol–water partition coefficient (Wildman–Crippen LogP) is 7.28. The molecule has 4 rings (SSSR count). The van der Waals surface area contributed by atoms with E-state index < -0.39 is 77.9 Å². The van der Waals surface area contributed by atoms with Crippen molar-refractivity contribution in [2.24, 2.45) is 35.5 Å². The molecule has 0 radical (unpaired) electrons. The van der Waals surface area contributed by atoms with Gasteiger partial charge in [-0.2, -0.15) is 0 Å². The van der Waals surface area contributed by atoms with E-state index in [1.807, 2.05) is 71.1 Å². The van der Waals surface area contributed by atoms with E-state index in [9.17, 15) is 29.4 Å². The zero-order chi connectivity index (χ0) is 49.6. The highest BCUT2D eigenvalue weighted by atomic mass is 16.6.